The Morgan fingerprint density at radius 2 is 1.90 bits per heavy atom. The molecule has 2 aromatic rings. The highest BCUT2D eigenvalue weighted by Gasteiger charge is 2.08. The number of benzene rings is 1. The molecule has 0 aliphatic heterocycles. The predicted molar refractivity (Wildman–Crippen MR) is 85.8 cm³/mol. The smallest absolute Gasteiger partial charge is 0.134 e. The van der Waals surface area contributed by atoms with E-state index in [0.29, 0.717) is 5.57 Å². The largest absolute Gasteiger partial charge is 0.378 e. The molecule has 0 radical (unpaired) electrons. The Balaban J connectivity index is 2.34. The van der Waals surface area contributed by atoms with Crippen LogP contribution in [0.2, 0.25) is 0 Å². The van der Waals surface area contributed by atoms with Gasteiger partial charge in [-0.05, 0) is 37.6 Å². The molecule has 0 saturated carbocycles. The molecule has 1 heterocycles. The molecule has 0 N–H and O–H groups in total. The lowest BCUT2D eigenvalue weighted by molar-refractivity contribution is 1.13. The van der Waals surface area contributed by atoms with Crippen LogP contribution < -0.4 is 4.90 Å². The molecule has 0 bridgehead atoms. The molecule has 4 heteroatoms. The standard InChI is InChI=1S/C16H17N3S/c1-11-12(2)20-16(18-11)14(10-17)9-13-5-7-15(8-6-13)19(3)4/h5-9H,1-4H3/b14-9+. The quantitative estimate of drug-likeness (QED) is 0.802. The third-order valence-corrected chi connectivity index (χ3v) is 4.21. The average molecular weight is 283 g/mol. The summed E-state index contributed by atoms with van der Waals surface area (Å²) >= 11 is 1.56. The van der Waals surface area contributed by atoms with Gasteiger partial charge in [0.1, 0.15) is 11.1 Å². The fourth-order valence-electron chi connectivity index (χ4n) is 1.77. The van der Waals surface area contributed by atoms with Gasteiger partial charge in [-0.1, -0.05) is 12.1 Å². The third kappa shape index (κ3) is 3.06. The second-order valence-corrected chi connectivity index (χ2v) is 6.02. The summed E-state index contributed by atoms with van der Waals surface area (Å²) in [6.45, 7) is 3.99. The van der Waals surface area contributed by atoms with Gasteiger partial charge in [0, 0.05) is 24.7 Å². The van der Waals surface area contributed by atoms with Crippen LogP contribution in [0, 0.1) is 25.2 Å². The van der Waals surface area contributed by atoms with E-state index in [1.165, 1.54) is 0 Å². The highest BCUT2D eigenvalue weighted by atomic mass is 32.1. The maximum atomic E-state index is 9.32. The first-order valence-corrected chi connectivity index (χ1v) is 7.16. The fourth-order valence-corrected chi connectivity index (χ4v) is 2.65. The molecule has 102 valence electrons. The molecule has 0 aliphatic carbocycles. The van der Waals surface area contributed by atoms with Gasteiger partial charge in [-0.2, -0.15) is 5.26 Å². The van der Waals surface area contributed by atoms with Crippen LogP contribution in [0.5, 0.6) is 0 Å². The molecule has 0 aliphatic rings. The molecule has 0 amide bonds. The van der Waals surface area contributed by atoms with E-state index in [9.17, 15) is 5.26 Å². The fraction of sp³-hybridized carbons (Fsp3) is 0.250. The first kappa shape index (κ1) is 14.3. The van der Waals surface area contributed by atoms with Crippen LogP contribution in [0.4, 0.5) is 5.69 Å². The minimum absolute atomic E-state index is 0.615. The Labute approximate surface area is 123 Å². The van der Waals surface area contributed by atoms with E-state index in [1.807, 2.05) is 63.2 Å². The number of aromatic nitrogens is 1. The molecule has 0 unspecified atom stereocenters. The normalized spacial score (nSPS) is 11.2. The van der Waals surface area contributed by atoms with Gasteiger partial charge in [0.15, 0.2) is 0 Å². The lowest BCUT2D eigenvalue weighted by Crippen LogP contribution is -2.07. The topological polar surface area (TPSA) is 39.9 Å². The van der Waals surface area contributed by atoms with E-state index < -0.39 is 0 Å². The molecule has 0 spiro atoms. The van der Waals surface area contributed by atoms with Gasteiger partial charge in [0.2, 0.25) is 0 Å². The predicted octanol–water partition coefficient (Wildman–Crippen LogP) is 3.89. The Morgan fingerprint density at radius 1 is 1.25 bits per heavy atom. The number of nitriles is 1. The Morgan fingerprint density at radius 3 is 2.35 bits per heavy atom. The third-order valence-electron chi connectivity index (χ3n) is 3.10. The second-order valence-electron chi connectivity index (χ2n) is 4.82. The van der Waals surface area contributed by atoms with Gasteiger partial charge in [0.05, 0.1) is 11.3 Å². The lowest BCUT2D eigenvalue weighted by Gasteiger charge is -2.11. The number of thiazole rings is 1. The van der Waals surface area contributed by atoms with Crippen molar-refractivity contribution in [1.82, 2.24) is 4.98 Å². The number of aryl methyl sites for hydroxylation is 2. The van der Waals surface area contributed by atoms with Gasteiger partial charge >= 0.3 is 0 Å². The minimum Gasteiger partial charge on any atom is -0.378 e. The average Bonchev–Trinajstić information content (AvgIpc) is 2.76. The maximum Gasteiger partial charge on any atom is 0.134 e. The summed E-state index contributed by atoms with van der Waals surface area (Å²) < 4.78 is 0. The van der Waals surface area contributed by atoms with Gasteiger partial charge in [-0.3, -0.25) is 0 Å². The van der Waals surface area contributed by atoms with E-state index in [0.717, 1.165) is 26.8 Å². The van der Waals surface area contributed by atoms with E-state index in [-0.39, 0.29) is 0 Å². The molecule has 0 saturated heterocycles. The molecule has 20 heavy (non-hydrogen) atoms. The number of anilines is 1. The van der Waals surface area contributed by atoms with Crippen molar-refractivity contribution in [3.05, 3.63) is 45.4 Å². The summed E-state index contributed by atoms with van der Waals surface area (Å²) in [6, 6.07) is 10.4. The van der Waals surface area contributed by atoms with Crippen molar-refractivity contribution in [2.75, 3.05) is 19.0 Å². The molecule has 2 rings (SSSR count). The minimum atomic E-state index is 0.615. The molecule has 3 nitrogen and oxygen atoms in total. The van der Waals surface area contributed by atoms with Crippen molar-refractivity contribution < 1.29 is 0 Å². The van der Waals surface area contributed by atoms with Crippen molar-refractivity contribution in [2.24, 2.45) is 0 Å². The van der Waals surface area contributed by atoms with Crippen LogP contribution in [0.1, 0.15) is 21.1 Å². The molecular formula is C16H17N3S. The summed E-state index contributed by atoms with van der Waals surface area (Å²) in [5.41, 5.74) is 3.76. The van der Waals surface area contributed by atoms with Crippen LogP contribution in [0.15, 0.2) is 24.3 Å². The number of nitrogens with zero attached hydrogens (tertiary/aromatic N) is 3. The second kappa shape index (κ2) is 5.89. The summed E-state index contributed by atoms with van der Waals surface area (Å²) in [7, 11) is 4.01. The monoisotopic (exact) mass is 283 g/mol. The van der Waals surface area contributed by atoms with Gasteiger partial charge in [0.25, 0.3) is 0 Å². The van der Waals surface area contributed by atoms with Gasteiger partial charge in [-0.25, -0.2) is 4.98 Å². The molecule has 0 atom stereocenters. The van der Waals surface area contributed by atoms with E-state index in [4.69, 9.17) is 0 Å². The van der Waals surface area contributed by atoms with Crippen molar-refractivity contribution in [3.63, 3.8) is 0 Å². The highest BCUT2D eigenvalue weighted by Crippen LogP contribution is 2.25. The Kier molecular flexibility index (Phi) is 4.21. The number of hydrogen-bond acceptors (Lipinski definition) is 4. The summed E-state index contributed by atoms with van der Waals surface area (Å²) in [6.07, 6.45) is 1.89. The highest BCUT2D eigenvalue weighted by molar-refractivity contribution is 7.12. The Hall–Kier alpha value is -2.12. The van der Waals surface area contributed by atoms with Crippen molar-refractivity contribution >= 4 is 28.7 Å². The number of allylic oxidation sites excluding steroid dienone is 1. The van der Waals surface area contributed by atoms with Crippen molar-refractivity contribution in [1.29, 1.82) is 5.26 Å². The molecular weight excluding hydrogens is 266 g/mol. The van der Waals surface area contributed by atoms with Crippen molar-refractivity contribution in [3.8, 4) is 6.07 Å². The molecule has 1 aromatic heterocycles. The van der Waals surface area contributed by atoms with Crippen molar-refractivity contribution in [2.45, 2.75) is 13.8 Å². The van der Waals surface area contributed by atoms with E-state index >= 15 is 0 Å². The number of rotatable bonds is 3. The molecule has 0 fully saturated rings. The number of hydrogen-bond donors (Lipinski definition) is 0. The van der Waals surface area contributed by atoms with Crippen LogP contribution >= 0.6 is 11.3 Å². The molecule has 1 aromatic carbocycles. The summed E-state index contributed by atoms with van der Waals surface area (Å²) in [5, 5.41) is 10.1. The lowest BCUT2D eigenvalue weighted by atomic mass is 10.1. The van der Waals surface area contributed by atoms with Crippen LogP contribution in [0.25, 0.3) is 11.6 Å². The zero-order valence-corrected chi connectivity index (χ0v) is 13.0. The zero-order chi connectivity index (χ0) is 14.7. The van der Waals surface area contributed by atoms with Crippen LogP contribution in [0.3, 0.4) is 0 Å². The Bertz CT molecular complexity index is 653. The summed E-state index contributed by atoms with van der Waals surface area (Å²) in [4.78, 5) is 7.65. The summed E-state index contributed by atoms with van der Waals surface area (Å²) in [5.74, 6) is 0. The first-order valence-electron chi connectivity index (χ1n) is 6.35. The van der Waals surface area contributed by atoms with E-state index in [1.54, 1.807) is 11.3 Å². The van der Waals surface area contributed by atoms with Crippen LogP contribution in [-0.2, 0) is 0 Å². The maximum absolute atomic E-state index is 9.32. The van der Waals surface area contributed by atoms with E-state index in [2.05, 4.69) is 11.1 Å². The SMILES string of the molecule is Cc1nc(/C(C#N)=C/c2ccc(N(C)C)cc2)sc1C. The first-order chi connectivity index (χ1) is 9.51. The van der Waals surface area contributed by atoms with Crippen LogP contribution in [-0.4, -0.2) is 19.1 Å². The zero-order valence-electron chi connectivity index (χ0n) is 12.1. The van der Waals surface area contributed by atoms with Gasteiger partial charge in [-0.15, -0.1) is 11.3 Å². The van der Waals surface area contributed by atoms with Gasteiger partial charge < -0.3 is 4.90 Å².